The van der Waals surface area contributed by atoms with E-state index in [2.05, 4.69) is 18.7 Å². The maximum Gasteiger partial charge on any atom is 0.0167 e. The molecule has 2 unspecified atom stereocenters. The Balaban J connectivity index is 2.12. The summed E-state index contributed by atoms with van der Waals surface area (Å²) in [5.41, 5.74) is 6.12. The molecule has 0 spiro atoms. The van der Waals surface area contributed by atoms with Gasteiger partial charge >= 0.3 is 0 Å². The quantitative estimate of drug-likeness (QED) is 0.703. The van der Waals surface area contributed by atoms with Gasteiger partial charge in [0.2, 0.25) is 0 Å². The highest BCUT2D eigenvalue weighted by Gasteiger charge is 2.22. The van der Waals surface area contributed by atoms with Gasteiger partial charge in [-0.2, -0.15) is 0 Å². The van der Waals surface area contributed by atoms with Gasteiger partial charge in [-0.05, 0) is 31.7 Å². The van der Waals surface area contributed by atoms with Crippen LogP contribution >= 0.6 is 0 Å². The SMILES string of the molecule is CCCCC(N)CN1CCC(CCC)C1. The fraction of sp³-hybridized carbons (Fsp3) is 1.00. The summed E-state index contributed by atoms with van der Waals surface area (Å²) in [6.45, 7) is 8.23. The first-order valence-electron chi connectivity index (χ1n) is 6.74. The zero-order valence-electron chi connectivity index (χ0n) is 10.5. The van der Waals surface area contributed by atoms with Crippen LogP contribution in [0.4, 0.5) is 0 Å². The molecule has 2 N–H and O–H groups in total. The smallest absolute Gasteiger partial charge is 0.0167 e. The largest absolute Gasteiger partial charge is 0.327 e. The topological polar surface area (TPSA) is 29.3 Å². The molecule has 1 heterocycles. The van der Waals surface area contributed by atoms with Crippen molar-refractivity contribution in [3.05, 3.63) is 0 Å². The van der Waals surface area contributed by atoms with Crippen molar-refractivity contribution in [2.24, 2.45) is 11.7 Å². The van der Waals surface area contributed by atoms with Crippen LogP contribution in [0.3, 0.4) is 0 Å². The number of nitrogens with zero attached hydrogens (tertiary/aromatic N) is 1. The minimum atomic E-state index is 0.408. The van der Waals surface area contributed by atoms with Crippen LogP contribution in [-0.2, 0) is 0 Å². The van der Waals surface area contributed by atoms with E-state index in [0.29, 0.717) is 6.04 Å². The van der Waals surface area contributed by atoms with E-state index < -0.39 is 0 Å². The summed E-state index contributed by atoms with van der Waals surface area (Å²) in [5, 5.41) is 0. The van der Waals surface area contributed by atoms with Crippen LogP contribution in [0.1, 0.15) is 52.4 Å². The molecule has 2 nitrogen and oxygen atoms in total. The van der Waals surface area contributed by atoms with Crippen molar-refractivity contribution in [2.75, 3.05) is 19.6 Å². The molecule has 0 bridgehead atoms. The Morgan fingerprint density at radius 3 is 2.80 bits per heavy atom. The van der Waals surface area contributed by atoms with Crippen molar-refractivity contribution in [3.63, 3.8) is 0 Å². The molecular formula is C13H28N2. The van der Waals surface area contributed by atoms with Gasteiger partial charge in [0, 0.05) is 19.1 Å². The number of likely N-dealkylation sites (tertiary alicyclic amines) is 1. The minimum Gasteiger partial charge on any atom is -0.327 e. The van der Waals surface area contributed by atoms with Gasteiger partial charge < -0.3 is 10.6 Å². The van der Waals surface area contributed by atoms with Crippen LogP contribution in [0, 0.1) is 5.92 Å². The van der Waals surface area contributed by atoms with Gasteiger partial charge in [-0.15, -0.1) is 0 Å². The monoisotopic (exact) mass is 212 g/mol. The number of rotatable bonds is 7. The van der Waals surface area contributed by atoms with E-state index in [9.17, 15) is 0 Å². The van der Waals surface area contributed by atoms with Crippen LogP contribution in [-0.4, -0.2) is 30.6 Å². The van der Waals surface area contributed by atoms with E-state index >= 15 is 0 Å². The van der Waals surface area contributed by atoms with E-state index in [4.69, 9.17) is 5.73 Å². The van der Waals surface area contributed by atoms with Gasteiger partial charge in [0.05, 0.1) is 0 Å². The molecule has 15 heavy (non-hydrogen) atoms. The van der Waals surface area contributed by atoms with Crippen LogP contribution < -0.4 is 5.73 Å². The lowest BCUT2D eigenvalue weighted by Gasteiger charge is -2.20. The van der Waals surface area contributed by atoms with Crippen LogP contribution in [0.15, 0.2) is 0 Å². The number of nitrogens with two attached hydrogens (primary N) is 1. The molecule has 0 aliphatic carbocycles. The first-order valence-corrected chi connectivity index (χ1v) is 6.74. The van der Waals surface area contributed by atoms with E-state index in [1.807, 2.05) is 0 Å². The van der Waals surface area contributed by atoms with Crippen molar-refractivity contribution < 1.29 is 0 Å². The molecule has 2 atom stereocenters. The summed E-state index contributed by atoms with van der Waals surface area (Å²) in [4.78, 5) is 2.57. The molecule has 0 aromatic heterocycles. The molecule has 0 aromatic carbocycles. The average molecular weight is 212 g/mol. The standard InChI is InChI=1S/C13H28N2/c1-3-5-7-13(14)11-15-9-8-12(10-15)6-4-2/h12-13H,3-11,14H2,1-2H3. The first-order chi connectivity index (χ1) is 7.26. The van der Waals surface area contributed by atoms with Crippen LogP contribution in [0.5, 0.6) is 0 Å². The molecule has 1 aliphatic heterocycles. The van der Waals surface area contributed by atoms with Gasteiger partial charge in [0.15, 0.2) is 0 Å². The van der Waals surface area contributed by atoms with Crippen LogP contribution in [0.25, 0.3) is 0 Å². The summed E-state index contributed by atoms with van der Waals surface area (Å²) >= 11 is 0. The van der Waals surface area contributed by atoms with Crippen molar-refractivity contribution >= 4 is 0 Å². The molecule has 0 saturated carbocycles. The Labute approximate surface area is 95.2 Å². The average Bonchev–Trinajstić information content (AvgIpc) is 2.63. The summed E-state index contributed by atoms with van der Waals surface area (Å²) in [6.07, 6.45) is 7.89. The Bertz CT molecular complexity index is 159. The second-order valence-corrected chi connectivity index (χ2v) is 5.11. The highest BCUT2D eigenvalue weighted by Crippen LogP contribution is 2.20. The summed E-state index contributed by atoms with van der Waals surface area (Å²) in [5.74, 6) is 0.952. The van der Waals surface area contributed by atoms with Crippen molar-refractivity contribution in [2.45, 2.75) is 58.4 Å². The van der Waals surface area contributed by atoms with Crippen molar-refractivity contribution in [1.82, 2.24) is 4.90 Å². The van der Waals surface area contributed by atoms with Gasteiger partial charge in [-0.25, -0.2) is 0 Å². The highest BCUT2D eigenvalue weighted by atomic mass is 15.2. The number of hydrogen-bond acceptors (Lipinski definition) is 2. The maximum absolute atomic E-state index is 6.12. The van der Waals surface area contributed by atoms with Crippen molar-refractivity contribution in [3.8, 4) is 0 Å². The zero-order chi connectivity index (χ0) is 11.1. The molecule has 90 valence electrons. The van der Waals surface area contributed by atoms with Crippen LogP contribution in [0.2, 0.25) is 0 Å². The third kappa shape index (κ3) is 4.98. The van der Waals surface area contributed by atoms with Gasteiger partial charge in [-0.3, -0.25) is 0 Å². The highest BCUT2D eigenvalue weighted by molar-refractivity contribution is 4.78. The minimum absolute atomic E-state index is 0.408. The Morgan fingerprint density at radius 2 is 2.13 bits per heavy atom. The maximum atomic E-state index is 6.12. The van der Waals surface area contributed by atoms with Gasteiger partial charge in [0.1, 0.15) is 0 Å². The van der Waals surface area contributed by atoms with Gasteiger partial charge in [-0.1, -0.05) is 33.1 Å². The lowest BCUT2D eigenvalue weighted by Crippen LogP contribution is -2.36. The molecule has 2 heteroatoms. The molecule has 0 aromatic rings. The predicted octanol–water partition coefficient (Wildman–Crippen LogP) is 2.63. The van der Waals surface area contributed by atoms with E-state index in [0.717, 1.165) is 12.5 Å². The Hall–Kier alpha value is -0.0800. The summed E-state index contributed by atoms with van der Waals surface area (Å²) in [6, 6.07) is 0.408. The fourth-order valence-corrected chi connectivity index (χ4v) is 2.61. The van der Waals surface area contributed by atoms with E-state index in [-0.39, 0.29) is 0 Å². The second kappa shape index (κ2) is 7.24. The molecule has 1 rings (SSSR count). The molecule has 1 saturated heterocycles. The summed E-state index contributed by atoms with van der Waals surface area (Å²) in [7, 11) is 0. The zero-order valence-corrected chi connectivity index (χ0v) is 10.5. The molecule has 1 fully saturated rings. The predicted molar refractivity (Wildman–Crippen MR) is 67.0 cm³/mol. The van der Waals surface area contributed by atoms with E-state index in [1.54, 1.807) is 0 Å². The second-order valence-electron chi connectivity index (χ2n) is 5.11. The fourth-order valence-electron chi connectivity index (χ4n) is 2.61. The third-order valence-corrected chi connectivity index (χ3v) is 3.49. The lowest BCUT2D eigenvalue weighted by molar-refractivity contribution is 0.291. The van der Waals surface area contributed by atoms with Gasteiger partial charge in [0.25, 0.3) is 0 Å². The van der Waals surface area contributed by atoms with E-state index in [1.165, 1.54) is 51.6 Å². The Morgan fingerprint density at radius 1 is 1.33 bits per heavy atom. The summed E-state index contributed by atoms with van der Waals surface area (Å²) < 4.78 is 0. The molecule has 0 radical (unpaired) electrons. The molecule has 1 aliphatic rings. The normalized spacial score (nSPS) is 24.6. The number of unbranched alkanes of at least 4 members (excludes halogenated alkanes) is 1. The van der Waals surface area contributed by atoms with Crippen molar-refractivity contribution in [1.29, 1.82) is 0 Å². The lowest BCUT2D eigenvalue weighted by atomic mass is 10.0. The molecular weight excluding hydrogens is 184 g/mol. The molecule has 0 amide bonds. The Kier molecular flexibility index (Phi) is 6.26. The third-order valence-electron chi connectivity index (χ3n) is 3.49. The number of hydrogen-bond donors (Lipinski definition) is 1. The first kappa shape index (κ1) is 13.0.